The van der Waals surface area contributed by atoms with Crippen LogP contribution in [0.5, 0.6) is 5.75 Å². The molecule has 1 saturated heterocycles. The molecule has 0 radical (unpaired) electrons. The quantitative estimate of drug-likeness (QED) is 0.751. The number of hydrogen-bond donors (Lipinski definition) is 0. The van der Waals surface area contributed by atoms with E-state index in [-0.39, 0.29) is 5.69 Å². The number of methoxy groups -OCH3 is 1. The van der Waals surface area contributed by atoms with Crippen molar-refractivity contribution in [1.82, 2.24) is 9.88 Å². The van der Waals surface area contributed by atoms with Crippen LogP contribution in [0.1, 0.15) is 21.6 Å². The zero-order valence-corrected chi connectivity index (χ0v) is 14.3. The Bertz CT molecular complexity index is 680. The number of pyridine rings is 1. The smallest absolute Gasteiger partial charge is 0.356 e. The fourth-order valence-corrected chi connectivity index (χ4v) is 2.62. The van der Waals surface area contributed by atoms with Crippen LogP contribution < -0.4 is 4.74 Å². The highest BCUT2D eigenvalue weighted by molar-refractivity contribution is 5.87. The molecule has 1 aromatic carbocycles. The molecule has 1 aliphatic heterocycles. The number of benzene rings is 1. The summed E-state index contributed by atoms with van der Waals surface area (Å²) in [5, 5.41) is 0. The average Bonchev–Trinajstić information content (AvgIpc) is 2.68. The van der Waals surface area contributed by atoms with Crippen LogP contribution in [0.3, 0.4) is 0 Å². The Morgan fingerprint density at radius 3 is 2.48 bits per heavy atom. The van der Waals surface area contributed by atoms with Gasteiger partial charge in [-0.15, -0.1) is 0 Å². The molecule has 25 heavy (non-hydrogen) atoms. The zero-order valence-electron chi connectivity index (χ0n) is 14.3. The lowest BCUT2D eigenvalue weighted by Crippen LogP contribution is -2.35. The lowest BCUT2D eigenvalue weighted by molar-refractivity contribution is 0.0342. The van der Waals surface area contributed by atoms with Gasteiger partial charge >= 0.3 is 5.97 Å². The van der Waals surface area contributed by atoms with Gasteiger partial charge in [-0.25, -0.2) is 9.78 Å². The molecule has 0 unspecified atom stereocenters. The topological polar surface area (TPSA) is 60.9 Å². The molecular formula is C19H22N2O4. The van der Waals surface area contributed by atoms with Crippen molar-refractivity contribution in [3.05, 3.63) is 59.4 Å². The lowest BCUT2D eigenvalue weighted by atomic mass is 10.1. The third kappa shape index (κ3) is 5.01. The van der Waals surface area contributed by atoms with Gasteiger partial charge in [-0.05, 0) is 23.3 Å². The van der Waals surface area contributed by atoms with E-state index in [0.29, 0.717) is 12.4 Å². The monoisotopic (exact) mass is 342 g/mol. The molecule has 2 heterocycles. The number of ether oxygens (including phenoxy) is 3. The van der Waals surface area contributed by atoms with E-state index in [2.05, 4.69) is 38.9 Å². The summed E-state index contributed by atoms with van der Waals surface area (Å²) in [6.45, 7) is 5.00. The third-order valence-electron chi connectivity index (χ3n) is 4.07. The molecule has 132 valence electrons. The fraction of sp³-hybridized carbons (Fsp3) is 0.368. The maximum Gasteiger partial charge on any atom is 0.356 e. The second kappa shape index (κ2) is 8.60. The predicted octanol–water partition coefficient (Wildman–Crippen LogP) is 2.28. The first-order valence-electron chi connectivity index (χ1n) is 8.29. The van der Waals surface area contributed by atoms with Gasteiger partial charge in [0.1, 0.15) is 18.1 Å². The van der Waals surface area contributed by atoms with E-state index in [1.54, 1.807) is 12.1 Å². The van der Waals surface area contributed by atoms with Gasteiger partial charge in [0, 0.05) is 19.6 Å². The summed E-state index contributed by atoms with van der Waals surface area (Å²) in [6, 6.07) is 11.7. The van der Waals surface area contributed by atoms with Gasteiger partial charge in [-0.2, -0.15) is 0 Å². The van der Waals surface area contributed by atoms with E-state index in [9.17, 15) is 4.79 Å². The molecule has 1 aromatic heterocycles. The average molecular weight is 342 g/mol. The number of aromatic nitrogens is 1. The Kier molecular flexibility index (Phi) is 5.98. The van der Waals surface area contributed by atoms with Crippen LogP contribution in [0.4, 0.5) is 0 Å². The molecule has 1 fully saturated rings. The molecular weight excluding hydrogens is 320 g/mol. The first kappa shape index (κ1) is 17.4. The highest BCUT2D eigenvalue weighted by Crippen LogP contribution is 2.14. The molecule has 3 rings (SSSR count). The Balaban J connectivity index is 1.50. The molecule has 2 aromatic rings. The molecule has 0 saturated carbocycles. The summed E-state index contributed by atoms with van der Waals surface area (Å²) in [5.41, 5.74) is 2.64. The molecule has 0 aliphatic carbocycles. The van der Waals surface area contributed by atoms with Crippen molar-refractivity contribution in [2.24, 2.45) is 0 Å². The van der Waals surface area contributed by atoms with Crippen molar-refractivity contribution in [1.29, 1.82) is 0 Å². The van der Waals surface area contributed by atoms with E-state index >= 15 is 0 Å². The molecule has 0 atom stereocenters. The fourth-order valence-electron chi connectivity index (χ4n) is 2.62. The standard InChI is InChI=1S/C19H22N2O4/c1-23-19(22)18-7-6-17(12-20-18)25-14-16-4-2-15(3-5-16)13-21-8-10-24-11-9-21/h2-7,12H,8-11,13-14H2,1H3. The second-order valence-electron chi connectivity index (χ2n) is 5.86. The van der Waals surface area contributed by atoms with Crippen molar-refractivity contribution >= 4 is 5.97 Å². The van der Waals surface area contributed by atoms with Crippen LogP contribution in [0.15, 0.2) is 42.6 Å². The van der Waals surface area contributed by atoms with Crippen LogP contribution in [-0.2, 0) is 22.6 Å². The van der Waals surface area contributed by atoms with Crippen molar-refractivity contribution < 1.29 is 19.0 Å². The summed E-state index contributed by atoms with van der Waals surface area (Å²) in [6.07, 6.45) is 1.53. The second-order valence-corrected chi connectivity index (χ2v) is 5.86. The summed E-state index contributed by atoms with van der Waals surface area (Å²) in [5.74, 6) is 0.160. The highest BCUT2D eigenvalue weighted by Gasteiger charge is 2.10. The number of hydrogen-bond acceptors (Lipinski definition) is 6. The number of carbonyl (C=O) groups excluding carboxylic acids is 1. The Morgan fingerprint density at radius 1 is 1.12 bits per heavy atom. The van der Waals surface area contributed by atoms with E-state index in [4.69, 9.17) is 9.47 Å². The summed E-state index contributed by atoms with van der Waals surface area (Å²) in [4.78, 5) is 17.8. The van der Waals surface area contributed by atoms with Gasteiger partial charge in [0.2, 0.25) is 0 Å². The minimum atomic E-state index is -0.456. The number of esters is 1. The van der Waals surface area contributed by atoms with E-state index in [0.717, 1.165) is 38.4 Å². The maximum atomic E-state index is 11.3. The number of morpholine rings is 1. The minimum Gasteiger partial charge on any atom is -0.487 e. The van der Waals surface area contributed by atoms with Crippen LogP contribution >= 0.6 is 0 Å². The SMILES string of the molecule is COC(=O)c1ccc(OCc2ccc(CN3CCOCC3)cc2)cn1. The van der Waals surface area contributed by atoms with Crippen LogP contribution in [-0.4, -0.2) is 49.3 Å². The Morgan fingerprint density at radius 2 is 1.84 bits per heavy atom. The molecule has 0 N–H and O–H groups in total. The highest BCUT2D eigenvalue weighted by atomic mass is 16.5. The number of rotatable bonds is 6. The molecule has 0 amide bonds. The van der Waals surface area contributed by atoms with Crippen molar-refractivity contribution in [3.8, 4) is 5.75 Å². The first-order valence-corrected chi connectivity index (χ1v) is 8.29. The van der Waals surface area contributed by atoms with Crippen molar-refractivity contribution in [2.45, 2.75) is 13.2 Å². The van der Waals surface area contributed by atoms with Gasteiger partial charge < -0.3 is 14.2 Å². The van der Waals surface area contributed by atoms with E-state index in [1.807, 2.05) is 0 Å². The van der Waals surface area contributed by atoms with E-state index < -0.39 is 5.97 Å². The first-order chi connectivity index (χ1) is 12.2. The lowest BCUT2D eigenvalue weighted by Gasteiger charge is -2.26. The molecule has 6 heteroatoms. The van der Waals surface area contributed by atoms with Crippen LogP contribution in [0, 0.1) is 0 Å². The minimum absolute atomic E-state index is 0.266. The summed E-state index contributed by atoms with van der Waals surface area (Å²) < 4.78 is 15.7. The van der Waals surface area contributed by atoms with Crippen molar-refractivity contribution in [2.75, 3.05) is 33.4 Å². The Hall–Kier alpha value is -2.44. The maximum absolute atomic E-state index is 11.3. The van der Waals surface area contributed by atoms with Crippen LogP contribution in [0.25, 0.3) is 0 Å². The van der Waals surface area contributed by atoms with Gasteiger partial charge in [-0.3, -0.25) is 4.90 Å². The molecule has 6 nitrogen and oxygen atoms in total. The molecule has 0 spiro atoms. The zero-order chi connectivity index (χ0) is 17.5. The predicted molar refractivity (Wildman–Crippen MR) is 92.4 cm³/mol. The van der Waals surface area contributed by atoms with Crippen molar-refractivity contribution in [3.63, 3.8) is 0 Å². The van der Waals surface area contributed by atoms with Gasteiger partial charge in [-0.1, -0.05) is 24.3 Å². The van der Waals surface area contributed by atoms with E-state index in [1.165, 1.54) is 18.9 Å². The summed E-state index contributed by atoms with van der Waals surface area (Å²) in [7, 11) is 1.33. The third-order valence-corrected chi connectivity index (χ3v) is 4.07. The van der Waals surface area contributed by atoms with Crippen LogP contribution in [0.2, 0.25) is 0 Å². The van der Waals surface area contributed by atoms with Gasteiger partial charge in [0.05, 0.1) is 26.5 Å². The normalized spacial score (nSPS) is 14.9. The largest absolute Gasteiger partial charge is 0.487 e. The summed E-state index contributed by atoms with van der Waals surface area (Å²) >= 11 is 0. The Labute approximate surface area is 147 Å². The number of nitrogens with zero attached hydrogens (tertiary/aromatic N) is 2. The number of carbonyl (C=O) groups is 1. The molecule has 1 aliphatic rings. The molecule has 0 bridgehead atoms. The van der Waals surface area contributed by atoms with Gasteiger partial charge in [0.15, 0.2) is 0 Å². The van der Waals surface area contributed by atoms with Gasteiger partial charge in [0.25, 0.3) is 0 Å².